The van der Waals surface area contributed by atoms with Crippen LogP contribution >= 0.6 is 11.3 Å². The van der Waals surface area contributed by atoms with Crippen LogP contribution < -0.4 is 5.32 Å². The van der Waals surface area contributed by atoms with E-state index in [-0.39, 0.29) is 17.9 Å². The first-order chi connectivity index (χ1) is 11.4. The molecule has 2 aromatic heterocycles. The monoisotopic (exact) mass is 346 g/mol. The summed E-state index contributed by atoms with van der Waals surface area (Å²) in [5.41, 5.74) is 0.712. The van der Waals surface area contributed by atoms with E-state index in [1.54, 1.807) is 6.20 Å². The van der Waals surface area contributed by atoms with Gasteiger partial charge in [-0.05, 0) is 37.8 Å². The summed E-state index contributed by atoms with van der Waals surface area (Å²) in [5.74, 6) is -0.590. The van der Waals surface area contributed by atoms with Crippen LogP contribution in [0.15, 0.2) is 23.7 Å². The summed E-state index contributed by atoms with van der Waals surface area (Å²) >= 11 is 1.54. The molecule has 3 heterocycles. The van der Waals surface area contributed by atoms with E-state index >= 15 is 0 Å². The Hall–Kier alpha value is -1.86. The Labute approximate surface area is 145 Å². The zero-order valence-electron chi connectivity index (χ0n) is 14.1. The number of aliphatic carboxylic acids is 1. The lowest BCUT2D eigenvalue weighted by Gasteiger charge is -2.27. The molecule has 24 heavy (non-hydrogen) atoms. The third-order valence-electron chi connectivity index (χ3n) is 4.48. The van der Waals surface area contributed by atoms with E-state index < -0.39 is 11.5 Å². The topological polar surface area (TPSA) is 88.0 Å². The number of aromatic nitrogens is 3. The minimum Gasteiger partial charge on any atom is -0.480 e. The Morgan fingerprint density at radius 1 is 1.46 bits per heavy atom. The van der Waals surface area contributed by atoms with Gasteiger partial charge >= 0.3 is 5.97 Å². The summed E-state index contributed by atoms with van der Waals surface area (Å²) in [4.78, 5) is 16.5. The van der Waals surface area contributed by atoms with Gasteiger partial charge in [0, 0.05) is 17.5 Å². The van der Waals surface area contributed by atoms with Crippen molar-refractivity contribution >= 4 is 17.3 Å². The molecule has 3 rings (SSSR count). The summed E-state index contributed by atoms with van der Waals surface area (Å²) in [6.07, 6.45) is 2.81. The quantitative estimate of drug-likeness (QED) is 0.865. The highest BCUT2D eigenvalue weighted by atomic mass is 32.1. The zero-order valence-corrected chi connectivity index (χ0v) is 14.9. The fraction of sp³-hybridized carbons (Fsp3) is 0.529. The number of nitrogens with one attached hydrogen (secondary N) is 1. The molecule has 0 aliphatic carbocycles. The van der Waals surface area contributed by atoms with Crippen LogP contribution in [0.2, 0.25) is 0 Å². The highest BCUT2D eigenvalue weighted by molar-refractivity contribution is 7.09. The molecule has 0 bridgehead atoms. The molecule has 1 saturated heterocycles. The van der Waals surface area contributed by atoms with Crippen molar-refractivity contribution in [2.45, 2.75) is 51.1 Å². The Bertz CT molecular complexity index is 702. The van der Waals surface area contributed by atoms with Crippen molar-refractivity contribution in [2.75, 3.05) is 0 Å². The number of rotatable bonds is 5. The SMILES string of the molecule is Cc1ccc([C@H]2C[C@@](CC(C)C)(C(=O)O)N[C@H]2c2nccs2)nn1. The third-order valence-corrected chi connectivity index (χ3v) is 5.34. The van der Waals surface area contributed by atoms with Gasteiger partial charge in [0.15, 0.2) is 0 Å². The van der Waals surface area contributed by atoms with E-state index in [0.29, 0.717) is 12.8 Å². The minimum atomic E-state index is -0.957. The number of thiazole rings is 1. The molecule has 0 amide bonds. The second-order valence-corrected chi connectivity index (χ2v) is 7.81. The number of carboxylic acids is 1. The molecule has 0 aromatic carbocycles. The molecule has 7 heteroatoms. The predicted molar refractivity (Wildman–Crippen MR) is 91.9 cm³/mol. The number of nitrogens with zero attached hydrogens (tertiary/aromatic N) is 3. The molecular weight excluding hydrogens is 324 g/mol. The maximum Gasteiger partial charge on any atom is 0.323 e. The smallest absolute Gasteiger partial charge is 0.323 e. The van der Waals surface area contributed by atoms with Crippen molar-refractivity contribution in [3.05, 3.63) is 40.1 Å². The maximum atomic E-state index is 12.1. The van der Waals surface area contributed by atoms with Crippen LogP contribution in [0.25, 0.3) is 0 Å². The van der Waals surface area contributed by atoms with Crippen molar-refractivity contribution in [2.24, 2.45) is 5.92 Å². The van der Waals surface area contributed by atoms with Crippen LogP contribution in [-0.2, 0) is 4.79 Å². The van der Waals surface area contributed by atoms with Gasteiger partial charge in [0.25, 0.3) is 0 Å². The Morgan fingerprint density at radius 2 is 2.25 bits per heavy atom. The van der Waals surface area contributed by atoms with Crippen molar-refractivity contribution in [1.82, 2.24) is 20.5 Å². The number of hydrogen-bond acceptors (Lipinski definition) is 6. The maximum absolute atomic E-state index is 12.1. The van der Waals surface area contributed by atoms with E-state index in [2.05, 4.69) is 20.5 Å². The van der Waals surface area contributed by atoms with E-state index in [1.165, 1.54) is 11.3 Å². The largest absolute Gasteiger partial charge is 0.480 e. The van der Waals surface area contributed by atoms with Crippen LogP contribution in [0, 0.1) is 12.8 Å². The van der Waals surface area contributed by atoms with Crippen LogP contribution in [0.5, 0.6) is 0 Å². The van der Waals surface area contributed by atoms with Crippen LogP contribution in [-0.4, -0.2) is 31.8 Å². The molecule has 1 aliphatic heterocycles. The first-order valence-electron chi connectivity index (χ1n) is 8.12. The summed E-state index contributed by atoms with van der Waals surface area (Å²) < 4.78 is 0. The summed E-state index contributed by atoms with van der Waals surface area (Å²) in [5, 5.41) is 24.6. The van der Waals surface area contributed by atoms with Crippen LogP contribution in [0.3, 0.4) is 0 Å². The average Bonchev–Trinajstić information content (AvgIpc) is 3.15. The van der Waals surface area contributed by atoms with Crippen molar-refractivity contribution in [3.8, 4) is 0 Å². The first-order valence-corrected chi connectivity index (χ1v) is 9.00. The third kappa shape index (κ3) is 3.18. The number of carboxylic acid groups (broad SMARTS) is 1. The van der Waals surface area contributed by atoms with Gasteiger partial charge in [-0.2, -0.15) is 10.2 Å². The summed E-state index contributed by atoms with van der Waals surface area (Å²) in [6.45, 7) is 5.98. The van der Waals surface area contributed by atoms with Gasteiger partial charge in [-0.3, -0.25) is 10.1 Å². The molecule has 0 unspecified atom stereocenters. The molecule has 2 aromatic rings. The molecule has 6 nitrogen and oxygen atoms in total. The second-order valence-electron chi connectivity index (χ2n) is 6.89. The molecule has 128 valence electrons. The van der Waals surface area contributed by atoms with Crippen molar-refractivity contribution in [1.29, 1.82) is 0 Å². The molecule has 0 radical (unpaired) electrons. The predicted octanol–water partition coefficient (Wildman–Crippen LogP) is 2.93. The van der Waals surface area contributed by atoms with E-state index in [9.17, 15) is 9.90 Å². The van der Waals surface area contributed by atoms with Gasteiger partial charge in [-0.1, -0.05) is 13.8 Å². The van der Waals surface area contributed by atoms with Crippen molar-refractivity contribution < 1.29 is 9.90 Å². The average molecular weight is 346 g/mol. The van der Waals surface area contributed by atoms with Crippen LogP contribution in [0.4, 0.5) is 0 Å². The first kappa shape index (κ1) is 17.0. The lowest BCUT2D eigenvalue weighted by Crippen LogP contribution is -2.49. The number of hydrogen-bond donors (Lipinski definition) is 2. The molecule has 1 fully saturated rings. The van der Waals surface area contributed by atoms with Gasteiger partial charge in [0.2, 0.25) is 0 Å². The van der Waals surface area contributed by atoms with Gasteiger partial charge in [0.05, 0.1) is 17.4 Å². The van der Waals surface area contributed by atoms with Gasteiger partial charge < -0.3 is 5.11 Å². The second kappa shape index (κ2) is 6.57. The fourth-order valence-electron chi connectivity index (χ4n) is 3.53. The fourth-order valence-corrected chi connectivity index (χ4v) is 4.28. The standard InChI is InChI=1S/C17H22N4O2S/c1-10(2)8-17(16(22)23)9-12(13-5-4-11(3)20-21-13)14(19-17)15-18-6-7-24-15/h4-7,10,12,14,19H,8-9H2,1-3H3,(H,22,23)/t12-,14-,17+/m1/s1. The lowest BCUT2D eigenvalue weighted by molar-refractivity contribution is -0.145. The highest BCUT2D eigenvalue weighted by Gasteiger charge is 2.52. The minimum absolute atomic E-state index is 0.0564. The Kier molecular flexibility index (Phi) is 4.64. The molecule has 0 saturated carbocycles. The van der Waals surface area contributed by atoms with Gasteiger partial charge in [-0.15, -0.1) is 11.3 Å². The van der Waals surface area contributed by atoms with E-state index in [4.69, 9.17) is 0 Å². The van der Waals surface area contributed by atoms with Gasteiger partial charge in [-0.25, -0.2) is 4.98 Å². The van der Waals surface area contributed by atoms with E-state index in [1.807, 2.05) is 38.3 Å². The Balaban J connectivity index is 2.00. The molecule has 0 spiro atoms. The lowest BCUT2D eigenvalue weighted by atomic mass is 9.83. The normalized spacial score (nSPS) is 26.8. The Morgan fingerprint density at radius 3 is 2.79 bits per heavy atom. The zero-order chi connectivity index (χ0) is 17.3. The number of carbonyl (C=O) groups is 1. The van der Waals surface area contributed by atoms with E-state index in [0.717, 1.165) is 16.4 Å². The number of aryl methyl sites for hydroxylation is 1. The molecule has 2 N–H and O–H groups in total. The van der Waals surface area contributed by atoms with Crippen LogP contribution in [0.1, 0.15) is 55.0 Å². The summed E-state index contributed by atoms with van der Waals surface area (Å²) in [6, 6.07) is 3.71. The van der Waals surface area contributed by atoms with Gasteiger partial charge in [0.1, 0.15) is 10.5 Å². The summed E-state index contributed by atoms with van der Waals surface area (Å²) in [7, 11) is 0. The molecule has 3 atom stereocenters. The molecule has 1 aliphatic rings. The highest BCUT2D eigenvalue weighted by Crippen LogP contribution is 2.46. The molecular formula is C17H22N4O2S. The van der Waals surface area contributed by atoms with Crippen molar-refractivity contribution in [3.63, 3.8) is 0 Å².